The molecular formula is C20H26O8. The Labute approximate surface area is 163 Å². The molecule has 0 unspecified atom stereocenters. The highest BCUT2D eigenvalue weighted by Crippen LogP contribution is 2.65. The number of fused-ring (bicyclic) bond motifs is 1. The third kappa shape index (κ3) is 1.94. The Kier molecular flexibility index (Phi) is 3.42. The predicted octanol–water partition coefficient (Wildman–Crippen LogP) is 1.26. The zero-order valence-corrected chi connectivity index (χ0v) is 16.6. The van der Waals surface area contributed by atoms with E-state index >= 15 is 0 Å². The lowest BCUT2D eigenvalue weighted by molar-refractivity contribution is -0.555. The molecular weight excluding hydrogens is 368 g/mol. The monoisotopic (exact) mass is 394 g/mol. The van der Waals surface area contributed by atoms with Gasteiger partial charge >= 0.3 is 11.9 Å². The first-order valence-corrected chi connectivity index (χ1v) is 9.84. The number of hydrogen-bond donors (Lipinski definition) is 1. The van der Waals surface area contributed by atoms with Gasteiger partial charge in [-0.25, -0.2) is 9.68 Å². The van der Waals surface area contributed by atoms with Gasteiger partial charge in [-0.1, -0.05) is 26.0 Å². The van der Waals surface area contributed by atoms with Gasteiger partial charge in [-0.2, -0.15) is 4.89 Å². The minimum atomic E-state index is -1.96. The van der Waals surface area contributed by atoms with Crippen LogP contribution in [-0.2, 0) is 33.6 Å². The van der Waals surface area contributed by atoms with Gasteiger partial charge in [-0.15, -0.1) is 0 Å². The smallest absolute Gasteiger partial charge is 0.341 e. The molecule has 5 rings (SSSR count). The van der Waals surface area contributed by atoms with Gasteiger partial charge in [0.2, 0.25) is 5.79 Å². The second kappa shape index (κ2) is 5.16. The number of hydrogen-bond acceptors (Lipinski definition) is 8. The Bertz CT molecular complexity index is 795. The molecule has 28 heavy (non-hydrogen) atoms. The van der Waals surface area contributed by atoms with Crippen molar-refractivity contribution < 1.29 is 38.7 Å². The molecule has 4 bridgehead atoms. The molecule has 2 aliphatic carbocycles. The quantitative estimate of drug-likeness (QED) is 0.323. The zero-order chi connectivity index (χ0) is 20.3. The van der Waals surface area contributed by atoms with E-state index in [-0.39, 0.29) is 18.0 Å². The lowest BCUT2D eigenvalue weighted by Crippen LogP contribution is -2.77. The van der Waals surface area contributed by atoms with Crippen molar-refractivity contribution in [2.45, 2.75) is 76.3 Å². The minimum absolute atomic E-state index is 0.280. The van der Waals surface area contributed by atoms with E-state index in [0.717, 1.165) is 0 Å². The van der Waals surface area contributed by atoms with E-state index in [1.165, 1.54) is 0 Å². The van der Waals surface area contributed by atoms with Crippen molar-refractivity contribution in [3.05, 3.63) is 12.2 Å². The fourth-order valence-electron chi connectivity index (χ4n) is 5.81. The van der Waals surface area contributed by atoms with E-state index in [2.05, 4.69) is 0 Å². The zero-order valence-electron chi connectivity index (χ0n) is 16.6. The molecule has 0 aromatic carbocycles. The molecule has 0 aromatic heterocycles. The fraction of sp³-hybridized carbons (Fsp3) is 0.800. The summed E-state index contributed by atoms with van der Waals surface area (Å²) in [7, 11) is 0. The van der Waals surface area contributed by atoms with E-state index in [0.29, 0.717) is 6.42 Å². The van der Waals surface area contributed by atoms with Crippen LogP contribution in [0.15, 0.2) is 12.2 Å². The van der Waals surface area contributed by atoms with Crippen molar-refractivity contribution in [2.75, 3.05) is 0 Å². The van der Waals surface area contributed by atoms with Crippen LogP contribution in [0.3, 0.4) is 0 Å². The Morgan fingerprint density at radius 2 is 1.93 bits per heavy atom. The highest BCUT2D eigenvalue weighted by molar-refractivity contribution is 5.83. The second-order valence-electron chi connectivity index (χ2n) is 9.50. The van der Waals surface area contributed by atoms with Gasteiger partial charge in [-0.3, -0.25) is 4.79 Å². The molecule has 10 atom stereocenters. The third-order valence-electron chi connectivity index (χ3n) is 7.85. The second-order valence-corrected chi connectivity index (χ2v) is 9.50. The lowest BCUT2D eigenvalue weighted by Gasteiger charge is -2.65. The number of aliphatic hydroxyl groups is 1. The van der Waals surface area contributed by atoms with Crippen LogP contribution in [0.4, 0.5) is 0 Å². The number of carbonyl (C=O) groups excluding carboxylic acids is 2. The van der Waals surface area contributed by atoms with E-state index < -0.39 is 52.4 Å². The number of carbonyl (C=O) groups is 2. The van der Waals surface area contributed by atoms with E-state index in [1.54, 1.807) is 20.8 Å². The molecule has 0 spiro atoms. The van der Waals surface area contributed by atoms with Crippen molar-refractivity contribution in [1.29, 1.82) is 0 Å². The molecule has 3 aliphatic heterocycles. The van der Waals surface area contributed by atoms with Crippen molar-refractivity contribution in [1.82, 2.24) is 0 Å². The number of ether oxygens (including phenoxy) is 3. The van der Waals surface area contributed by atoms with Gasteiger partial charge in [0.05, 0.1) is 23.4 Å². The normalized spacial score (nSPS) is 58.7. The number of rotatable bonds is 2. The van der Waals surface area contributed by atoms with Gasteiger partial charge in [-0.05, 0) is 27.2 Å². The summed E-state index contributed by atoms with van der Waals surface area (Å²) in [5.74, 6) is -4.37. The van der Waals surface area contributed by atoms with Gasteiger partial charge in [0.1, 0.15) is 11.7 Å². The summed E-state index contributed by atoms with van der Waals surface area (Å²) >= 11 is 0. The van der Waals surface area contributed by atoms with Crippen molar-refractivity contribution in [3.63, 3.8) is 0 Å². The van der Waals surface area contributed by atoms with Crippen molar-refractivity contribution >= 4 is 11.9 Å². The lowest BCUT2D eigenvalue weighted by atomic mass is 9.50. The summed E-state index contributed by atoms with van der Waals surface area (Å²) in [5, 5.41) is 11.7. The minimum Gasteiger partial charge on any atom is -0.461 e. The first-order valence-electron chi connectivity index (χ1n) is 9.84. The molecule has 0 aromatic rings. The molecule has 3 saturated heterocycles. The van der Waals surface area contributed by atoms with Gasteiger partial charge in [0, 0.05) is 5.92 Å². The molecule has 4 fully saturated rings. The molecule has 0 amide bonds. The Balaban J connectivity index is 1.62. The summed E-state index contributed by atoms with van der Waals surface area (Å²) in [4.78, 5) is 36.6. The van der Waals surface area contributed by atoms with Crippen LogP contribution >= 0.6 is 0 Å². The molecule has 5 aliphatic rings. The SMILES string of the molecule is C[C@H]1C(=O)O[C@@H]2[C@H]1[C@@H](OC(=O)[C@]1(C)O[C@@H]1C)[C@@]1(O)OO[C@]3(C)CC=C[C@@]1(C)[C@H]23. The number of esters is 2. The first-order chi connectivity index (χ1) is 13.0. The summed E-state index contributed by atoms with van der Waals surface area (Å²) < 4.78 is 17.0. The average Bonchev–Trinajstić information content (AvgIpc) is 3.14. The highest BCUT2D eigenvalue weighted by atomic mass is 17.2. The topological polar surface area (TPSA) is 104 Å². The predicted molar refractivity (Wildman–Crippen MR) is 92.2 cm³/mol. The van der Waals surface area contributed by atoms with Crippen molar-refractivity contribution in [3.8, 4) is 0 Å². The van der Waals surface area contributed by atoms with E-state index in [9.17, 15) is 14.7 Å². The van der Waals surface area contributed by atoms with Crippen LogP contribution in [0.25, 0.3) is 0 Å². The van der Waals surface area contributed by atoms with Crippen LogP contribution in [0.2, 0.25) is 0 Å². The molecule has 154 valence electrons. The standard InChI is InChI=1S/C20H26O8/c1-9-11-12(24-15(9)21)13-17(3)7-6-8-18(13,4)27-28-20(17,23)14(11)25-16(22)19(5)10(2)26-19/h6-7,9-14,23H,8H2,1-5H3/t9-,10-,11+,12-,13+,14-,17+,18-,19-,20-/m1/s1. The highest BCUT2D eigenvalue weighted by Gasteiger charge is 2.78. The average molecular weight is 394 g/mol. The van der Waals surface area contributed by atoms with Crippen LogP contribution in [0.5, 0.6) is 0 Å². The third-order valence-corrected chi connectivity index (χ3v) is 7.85. The van der Waals surface area contributed by atoms with Gasteiger partial charge in [0.15, 0.2) is 11.7 Å². The van der Waals surface area contributed by atoms with Crippen LogP contribution in [0.1, 0.15) is 41.0 Å². The summed E-state index contributed by atoms with van der Waals surface area (Å²) in [6, 6.07) is 0. The summed E-state index contributed by atoms with van der Waals surface area (Å²) in [5.41, 5.74) is -2.80. The first kappa shape index (κ1) is 18.5. The molecule has 0 radical (unpaired) electrons. The fourth-order valence-corrected chi connectivity index (χ4v) is 5.81. The van der Waals surface area contributed by atoms with Crippen molar-refractivity contribution in [2.24, 2.45) is 23.2 Å². The molecule has 1 N–H and O–H groups in total. The maximum Gasteiger partial charge on any atom is 0.341 e. The molecule has 8 nitrogen and oxygen atoms in total. The maximum absolute atomic E-state index is 12.8. The van der Waals surface area contributed by atoms with Gasteiger partial charge < -0.3 is 19.3 Å². The molecule has 1 saturated carbocycles. The Morgan fingerprint density at radius 1 is 1.25 bits per heavy atom. The van der Waals surface area contributed by atoms with E-state index in [4.69, 9.17) is 24.0 Å². The Morgan fingerprint density at radius 3 is 2.57 bits per heavy atom. The van der Waals surface area contributed by atoms with Gasteiger partial charge in [0.25, 0.3) is 0 Å². The number of epoxide rings is 1. The largest absolute Gasteiger partial charge is 0.461 e. The van der Waals surface area contributed by atoms with Crippen LogP contribution < -0.4 is 0 Å². The Hall–Kier alpha value is -1.48. The maximum atomic E-state index is 12.8. The van der Waals surface area contributed by atoms with Crippen LogP contribution in [0, 0.1) is 23.2 Å². The summed E-state index contributed by atoms with van der Waals surface area (Å²) in [6.45, 7) is 8.87. The molecule has 3 heterocycles. The summed E-state index contributed by atoms with van der Waals surface area (Å²) in [6.07, 6.45) is 2.37. The van der Waals surface area contributed by atoms with Crippen LogP contribution in [-0.4, -0.2) is 52.3 Å². The molecule has 8 heteroatoms. The van der Waals surface area contributed by atoms with E-state index in [1.807, 2.05) is 26.0 Å².